The summed E-state index contributed by atoms with van der Waals surface area (Å²) in [6, 6.07) is 15.2. The van der Waals surface area contributed by atoms with Crippen LogP contribution in [0.5, 0.6) is 5.75 Å². The number of nitrogens with zero attached hydrogens (tertiary/aromatic N) is 3. The molecule has 24 heavy (non-hydrogen) atoms. The van der Waals surface area contributed by atoms with Crippen LogP contribution in [0.15, 0.2) is 53.7 Å². The van der Waals surface area contributed by atoms with Crippen LogP contribution in [0.25, 0.3) is 0 Å². The van der Waals surface area contributed by atoms with Crippen molar-refractivity contribution in [3.05, 3.63) is 71.3 Å². The predicted molar refractivity (Wildman–Crippen MR) is 92.8 cm³/mol. The van der Waals surface area contributed by atoms with Gasteiger partial charge in [-0.25, -0.2) is 4.39 Å². The van der Waals surface area contributed by atoms with Crippen LogP contribution >= 0.6 is 11.8 Å². The Balaban J connectivity index is 1.67. The van der Waals surface area contributed by atoms with E-state index in [0.717, 1.165) is 23.0 Å². The van der Waals surface area contributed by atoms with Gasteiger partial charge in [-0.3, -0.25) is 0 Å². The van der Waals surface area contributed by atoms with Crippen LogP contribution in [0.2, 0.25) is 0 Å². The highest BCUT2D eigenvalue weighted by molar-refractivity contribution is 7.98. The van der Waals surface area contributed by atoms with Crippen LogP contribution in [0.4, 0.5) is 4.39 Å². The van der Waals surface area contributed by atoms with Gasteiger partial charge in [-0.2, -0.15) is 0 Å². The first kappa shape index (κ1) is 16.5. The van der Waals surface area contributed by atoms with E-state index in [2.05, 4.69) is 22.3 Å². The largest absolute Gasteiger partial charge is 0.494 e. The summed E-state index contributed by atoms with van der Waals surface area (Å²) in [4.78, 5) is 0. The third-order valence-corrected chi connectivity index (χ3v) is 4.81. The quantitative estimate of drug-likeness (QED) is 0.638. The lowest BCUT2D eigenvalue weighted by molar-refractivity contribution is 0.386. The molecule has 0 bridgehead atoms. The second-order valence-corrected chi connectivity index (χ2v) is 6.32. The smallest absolute Gasteiger partial charge is 0.191 e. The van der Waals surface area contributed by atoms with Crippen LogP contribution in [0.1, 0.15) is 17.0 Å². The van der Waals surface area contributed by atoms with Gasteiger partial charge in [-0.15, -0.1) is 10.2 Å². The lowest BCUT2D eigenvalue weighted by Gasteiger charge is -2.06. The molecule has 3 aromatic rings. The van der Waals surface area contributed by atoms with Gasteiger partial charge >= 0.3 is 0 Å². The SMILES string of the molecule is COc1ccc(CSc2nnc(Cc3ccccc3)n2C)cc1F. The fourth-order valence-corrected chi connectivity index (χ4v) is 3.22. The maximum Gasteiger partial charge on any atom is 0.191 e. The molecule has 0 radical (unpaired) electrons. The molecule has 0 fully saturated rings. The van der Waals surface area contributed by atoms with Gasteiger partial charge in [0.1, 0.15) is 5.82 Å². The highest BCUT2D eigenvalue weighted by Crippen LogP contribution is 2.25. The summed E-state index contributed by atoms with van der Waals surface area (Å²) in [6.07, 6.45) is 0.738. The average molecular weight is 343 g/mol. The summed E-state index contributed by atoms with van der Waals surface area (Å²) in [5.74, 6) is 1.44. The predicted octanol–water partition coefficient (Wildman–Crippen LogP) is 3.85. The molecule has 0 saturated heterocycles. The van der Waals surface area contributed by atoms with E-state index in [4.69, 9.17) is 4.74 Å². The molecule has 1 heterocycles. The molecule has 0 aliphatic heterocycles. The Morgan fingerprint density at radius 3 is 2.58 bits per heavy atom. The molecule has 0 amide bonds. The average Bonchev–Trinajstić information content (AvgIpc) is 2.94. The van der Waals surface area contributed by atoms with Crippen LogP contribution in [0.3, 0.4) is 0 Å². The second kappa shape index (κ2) is 7.49. The van der Waals surface area contributed by atoms with Crippen LogP contribution < -0.4 is 4.74 Å². The lowest BCUT2D eigenvalue weighted by atomic mass is 10.1. The molecule has 3 rings (SSSR count). The summed E-state index contributed by atoms with van der Waals surface area (Å²) in [5, 5.41) is 9.32. The highest BCUT2D eigenvalue weighted by Gasteiger charge is 2.11. The molecule has 6 heteroatoms. The molecule has 0 N–H and O–H groups in total. The number of aromatic nitrogens is 3. The zero-order chi connectivity index (χ0) is 16.9. The molecule has 124 valence electrons. The van der Waals surface area contributed by atoms with E-state index in [1.807, 2.05) is 35.9 Å². The molecule has 2 aromatic carbocycles. The topological polar surface area (TPSA) is 39.9 Å². The summed E-state index contributed by atoms with van der Waals surface area (Å²) < 4.78 is 20.7. The third kappa shape index (κ3) is 3.76. The van der Waals surface area contributed by atoms with Crippen LogP contribution in [-0.2, 0) is 19.2 Å². The van der Waals surface area contributed by atoms with Crippen LogP contribution in [-0.4, -0.2) is 21.9 Å². The number of rotatable bonds is 6. The zero-order valence-corrected chi connectivity index (χ0v) is 14.4. The number of benzene rings is 2. The first-order valence-corrected chi connectivity index (χ1v) is 8.53. The number of thioether (sulfide) groups is 1. The van der Waals surface area contributed by atoms with Crippen molar-refractivity contribution in [1.29, 1.82) is 0 Å². The Kier molecular flexibility index (Phi) is 5.15. The normalized spacial score (nSPS) is 10.8. The first-order chi connectivity index (χ1) is 11.7. The van der Waals surface area contributed by atoms with E-state index in [1.165, 1.54) is 30.5 Å². The van der Waals surface area contributed by atoms with Gasteiger partial charge in [0, 0.05) is 19.2 Å². The molecule has 0 unspecified atom stereocenters. The van der Waals surface area contributed by atoms with Gasteiger partial charge in [0.05, 0.1) is 7.11 Å². The molecule has 0 atom stereocenters. The van der Waals surface area contributed by atoms with Crippen molar-refractivity contribution in [3.63, 3.8) is 0 Å². The summed E-state index contributed by atoms with van der Waals surface area (Å²) in [6.45, 7) is 0. The molecular formula is C18H18FN3OS. The van der Waals surface area contributed by atoms with Crippen molar-refractivity contribution in [2.45, 2.75) is 17.3 Å². The molecule has 0 spiro atoms. The summed E-state index contributed by atoms with van der Waals surface area (Å²) in [5.41, 5.74) is 2.08. The molecule has 0 aliphatic rings. The highest BCUT2D eigenvalue weighted by atomic mass is 32.2. The van der Waals surface area contributed by atoms with Crippen molar-refractivity contribution >= 4 is 11.8 Å². The summed E-state index contributed by atoms with van der Waals surface area (Å²) >= 11 is 1.54. The van der Waals surface area contributed by atoms with Gasteiger partial charge in [-0.05, 0) is 23.3 Å². The Hall–Kier alpha value is -2.34. The van der Waals surface area contributed by atoms with Crippen molar-refractivity contribution in [2.24, 2.45) is 7.05 Å². The van der Waals surface area contributed by atoms with E-state index >= 15 is 0 Å². The fraction of sp³-hybridized carbons (Fsp3) is 0.222. The minimum absolute atomic E-state index is 0.257. The van der Waals surface area contributed by atoms with Gasteiger partial charge in [0.15, 0.2) is 16.7 Å². The third-order valence-electron chi connectivity index (χ3n) is 3.71. The molecule has 0 aliphatic carbocycles. The first-order valence-electron chi connectivity index (χ1n) is 7.55. The Labute approximate surface area is 144 Å². The van der Waals surface area contributed by atoms with E-state index < -0.39 is 0 Å². The Morgan fingerprint density at radius 1 is 1.08 bits per heavy atom. The van der Waals surface area contributed by atoms with Crippen molar-refractivity contribution in [3.8, 4) is 5.75 Å². The standard InChI is InChI=1S/C18H18FN3OS/c1-22-17(11-13-6-4-3-5-7-13)20-21-18(22)24-12-14-8-9-16(23-2)15(19)10-14/h3-10H,11-12H2,1-2H3. The van der Waals surface area contributed by atoms with E-state index in [0.29, 0.717) is 5.75 Å². The number of hydrogen-bond donors (Lipinski definition) is 0. The maximum atomic E-state index is 13.7. The van der Waals surface area contributed by atoms with E-state index in [1.54, 1.807) is 6.07 Å². The van der Waals surface area contributed by atoms with Crippen molar-refractivity contribution in [1.82, 2.24) is 14.8 Å². The Bertz CT molecular complexity index is 820. The fourth-order valence-electron chi connectivity index (χ4n) is 2.35. The van der Waals surface area contributed by atoms with Crippen LogP contribution in [0, 0.1) is 5.82 Å². The minimum Gasteiger partial charge on any atom is -0.494 e. The van der Waals surface area contributed by atoms with Gasteiger partial charge in [0.25, 0.3) is 0 Å². The zero-order valence-electron chi connectivity index (χ0n) is 13.6. The minimum atomic E-state index is -0.349. The van der Waals surface area contributed by atoms with Gasteiger partial charge in [-0.1, -0.05) is 48.2 Å². The van der Waals surface area contributed by atoms with Gasteiger partial charge < -0.3 is 9.30 Å². The number of hydrogen-bond acceptors (Lipinski definition) is 4. The molecular weight excluding hydrogens is 325 g/mol. The number of halogens is 1. The number of methoxy groups -OCH3 is 1. The molecule has 0 saturated carbocycles. The second-order valence-electron chi connectivity index (χ2n) is 5.38. The van der Waals surface area contributed by atoms with Crippen molar-refractivity contribution in [2.75, 3.05) is 7.11 Å². The monoisotopic (exact) mass is 343 g/mol. The molecule has 1 aromatic heterocycles. The molecule has 4 nitrogen and oxygen atoms in total. The number of ether oxygens (including phenoxy) is 1. The summed E-state index contributed by atoms with van der Waals surface area (Å²) in [7, 11) is 3.41. The van der Waals surface area contributed by atoms with Gasteiger partial charge in [0.2, 0.25) is 0 Å². The van der Waals surface area contributed by atoms with Crippen molar-refractivity contribution < 1.29 is 9.13 Å². The lowest BCUT2D eigenvalue weighted by Crippen LogP contribution is -2.00. The van der Waals surface area contributed by atoms with E-state index in [9.17, 15) is 4.39 Å². The Morgan fingerprint density at radius 2 is 1.88 bits per heavy atom. The van der Waals surface area contributed by atoms with E-state index in [-0.39, 0.29) is 11.6 Å². The maximum absolute atomic E-state index is 13.7.